The minimum atomic E-state index is -0.505. The Hall–Kier alpha value is -1.62. The number of hydrogen-bond donors (Lipinski definition) is 2. The molecule has 1 aromatic carbocycles. The summed E-state index contributed by atoms with van der Waals surface area (Å²) < 4.78 is 18.2. The number of nitrogens with two attached hydrogens (primary N) is 1. The first-order valence-electron chi connectivity index (χ1n) is 6.08. The van der Waals surface area contributed by atoms with Gasteiger partial charge in [-0.05, 0) is 37.0 Å². The molecule has 1 aliphatic rings. The molecule has 5 heteroatoms. The Morgan fingerprint density at radius 1 is 1.56 bits per heavy atom. The van der Waals surface area contributed by atoms with Crippen molar-refractivity contribution in [2.45, 2.75) is 12.8 Å². The van der Waals surface area contributed by atoms with Crippen LogP contribution in [0.4, 0.5) is 10.1 Å². The normalized spacial score (nSPS) is 18.8. The van der Waals surface area contributed by atoms with Crippen molar-refractivity contribution in [2.75, 3.05) is 25.5 Å². The number of halogens is 1. The summed E-state index contributed by atoms with van der Waals surface area (Å²) in [6, 6.07) is 3.98. The van der Waals surface area contributed by atoms with Crippen molar-refractivity contribution >= 4 is 11.6 Å². The molecule has 0 radical (unpaired) electrons. The van der Waals surface area contributed by atoms with Gasteiger partial charge in [-0.15, -0.1) is 0 Å². The van der Waals surface area contributed by atoms with Gasteiger partial charge in [-0.1, -0.05) is 0 Å². The van der Waals surface area contributed by atoms with Crippen LogP contribution in [0.1, 0.15) is 23.2 Å². The minimum Gasteiger partial charge on any atom is -0.396 e. The highest BCUT2D eigenvalue weighted by Crippen LogP contribution is 2.15. The monoisotopic (exact) mass is 252 g/mol. The molecule has 0 bridgehead atoms. The lowest BCUT2D eigenvalue weighted by atomic mass is 10.1. The minimum absolute atomic E-state index is 0.00755. The Bertz CT molecular complexity index is 431. The van der Waals surface area contributed by atoms with E-state index in [1.54, 1.807) is 0 Å². The standard InChI is InChI=1S/C13H17FN2O2/c14-11-2-1-10(7-12(11)15)13(17)16-5-3-9-4-6-18-8-9/h1-2,7,9H,3-6,8,15H2,(H,16,17). The summed E-state index contributed by atoms with van der Waals surface area (Å²) in [4.78, 5) is 11.8. The number of rotatable bonds is 4. The molecule has 1 aromatic rings. The number of anilines is 1. The van der Waals surface area contributed by atoms with E-state index in [2.05, 4.69) is 5.32 Å². The predicted molar refractivity (Wildman–Crippen MR) is 66.7 cm³/mol. The Morgan fingerprint density at radius 3 is 3.06 bits per heavy atom. The average Bonchev–Trinajstić information content (AvgIpc) is 2.85. The first-order chi connectivity index (χ1) is 8.66. The molecule has 0 aromatic heterocycles. The van der Waals surface area contributed by atoms with Crippen LogP contribution in [0.25, 0.3) is 0 Å². The van der Waals surface area contributed by atoms with Crippen molar-refractivity contribution in [3.63, 3.8) is 0 Å². The molecule has 18 heavy (non-hydrogen) atoms. The maximum absolute atomic E-state index is 12.9. The van der Waals surface area contributed by atoms with Gasteiger partial charge in [0.15, 0.2) is 0 Å². The summed E-state index contributed by atoms with van der Waals surface area (Å²) in [6.07, 6.45) is 1.96. The Labute approximate surface area is 105 Å². The van der Waals surface area contributed by atoms with Crippen molar-refractivity contribution in [1.82, 2.24) is 5.32 Å². The Morgan fingerprint density at radius 2 is 2.39 bits per heavy atom. The highest BCUT2D eigenvalue weighted by molar-refractivity contribution is 5.94. The van der Waals surface area contributed by atoms with E-state index in [-0.39, 0.29) is 11.6 Å². The maximum atomic E-state index is 12.9. The van der Waals surface area contributed by atoms with Crippen LogP contribution in [-0.4, -0.2) is 25.7 Å². The molecule has 1 fully saturated rings. The van der Waals surface area contributed by atoms with Crippen LogP contribution < -0.4 is 11.1 Å². The van der Waals surface area contributed by atoms with Gasteiger partial charge in [-0.3, -0.25) is 4.79 Å². The third kappa shape index (κ3) is 3.20. The van der Waals surface area contributed by atoms with E-state index >= 15 is 0 Å². The molecule has 0 aliphatic carbocycles. The van der Waals surface area contributed by atoms with Crippen molar-refractivity contribution < 1.29 is 13.9 Å². The molecule has 1 unspecified atom stereocenters. The quantitative estimate of drug-likeness (QED) is 0.799. The molecule has 1 heterocycles. The molecular weight excluding hydrogens is 235 g/mol. The van der Waals surface area contributed by atoms with Gasteiger partial charge in [-0.2, -0.15) is 0 Å². The van der Waals surface area contributed by atoms with Crippen LogP contribution in [0.5, 0.6) is 0 Å². The molecule has 98 valence electrons. The van der Waals surface area contributed by atoms with Gasteiger partial charge < -0.3 is 15.8 Å². The molecule has 1 saturated heterocycles. The number of nitrogen functional groups attached to an aromatic ring is 1. The van der Waals surface area contributed by atoms with Gasteiger partial charge in [0, 0.05) is 25.3 Å². The summed E-state index contributed by atoms with van der Waals surface area (Å²) in [7, 11) is 0. The van der Waals surface area contributed by atoms with Crippen molar-refractivity contribution in [3.8, 4) is 0 Å². The van der Waals surface area contributed by atoms with Crippen LogP contribution in [-0.2, 0) is 4.74 Å². The van der Waals surface area contributed by atoms with Crippen molar-refractivity contribution in [1.29, 1.82) is 0 Å². The second kappa shape index (κ2) is 5.82. The number of carbonyl (C=O) groups is 1. The van der Waals surface area contributed by atoms with Crippen LogP contribution in [0.15, 0.2) is 18.2 Å². The fraction of sp³-hybridized carbons (Fsp3) is 0.462. The van der Waals surface area contributed by atoms with Crippen LogP contribution in [0.2, 0.25) is 0 Å². The summed E-state index contributed by atoms with van der Waals surface area (Å²) in [5.41, 5.74) is 5.79. The van der Waals surface area contributed by atoms with E-state index in [1.165, 1.54) is 18.2 Å². The lowest BCUT2D eigenvalue weighted by Crippen LogP contribution is -2.26. The number of amides is 1. The van der Waals surface area contributed by atoms with Crippen LogP contribution in [0.3, 0.4) is 0 Å². The van der Waals surface area contributed by atoms with E-state index in [0.29, 0.717) is 18.0 Å². The number of nitrogens with one attached hydrogen (secondary N) is 1. The summed E-state index contributed by atoms with van der Waals surface area (Å²) in [6.45, 7) is 2.19. The predicted octanol–water partition coefficient (Wildman–Crippen LogP) is 1.56. The van der Waals surface area contributed by atoms with E-state index in [4.69, 9.17) is 10.5 Å². The maximum Gasteiger partial charge on any atom is 0.251 e. The van der Waals surface area contributed by atoms with Gasteiger partial charge in [-0.25, -0.2) is 4.39 Å². The highest BCUT2D eigenvalue weighted by atomic mass is 19.1. The molecule has 1 amide bonds. The molecule has 1 atom stereocenters. The zero-order chi connectivity index (χ0) is 13.0. The van der Waals surface area contributed by atoms with Crippen LogP contribution >= 0.6 is 0 Å². The molecule has 4 nitrogen and oxygen atoms in total. The lowest BCUT2D eigenvalue weighted by molar-refractivity contribution is 0.0950. The molecule has 2 rings (SSSR count). The molecule has 0 spiro atoms. The van der Waals surface area contributed by atoms with E-state index < -0.39 is 5.82 Å². The fourth-order valence-corrected chi connectivity index (χ4v) is 1.99. The summed E-state index contributed by atoms with van der Waals surface area (Å²) >= 11 is 0. The number of carbonyl (C=O) groups excluding carboxylic acids is 1. The fourth-order valence-electron chi connectivity index (χ4n) is 1.99. The molecule has 0 saturated carbocycles. The molecular formula is C13H17FN2O2. The van der Waals surface area contributed by atoms with E-state index in [0.717, 1.165) is 26.1 Å². The Balaban J connectivity index is 1.81. The number of benzene rings is 1. The summed E-state index contributed by atoms with van der Waals surface area (Å²) in [5.74, 6) is -0.196. The SMILES string of the molecule is Nc1cc(C(=O)NCCC2CCOC2)ccc1F. The average molecular weight is 252 g/mol. The van der Waals surface area contributed by atoms with Crippen molar-refractivity contribution in [2.24, 2.45) is 5.92 Å². The van der Waals surface area contributed by atoms with Gasteiger partial charge in [0.2, 0.25) is 0 Å². The first-order valence-corrected chi connectivity index (χ1v) is 6.08. The number of hydrogen-bond acceptors (Lipinski definition) is 3. The first kappa shape index (κ1) is 12.8. The number of ether oxygens (including phenoxy) is 1. The zero-order valence-corrected chi connectivity index (χ0v) is 10.1. The van der Waals surface area contributed by atoms with Gasteiger partial charge in [0.25, 0.3) is 5.91 Å². The van der Waals surface area contributed by atoms with Crippen molar-refractivity contribution in [3.05, 3.63) is 29.6 Å². The van der Waals surface area contributed by atoms with Gasteiger partial charge in [0.05, 0.1) is 5.69 Å². The second-order valence-corrected chi connectivity index (χ2v) is 4.51. The van der Waals surface area contributed by atoms with Crippen LogP contribution in [0, 0.1) is 11.7 Å². The Kier molecular flexibility index (Phi) is 4.15. The highest BCUT2D eigenvalue weighted by Gasteiger charge is 2.15. The van der Waals surface area contributed by atoms with E-state index in [9.17, 15) is 9.18 Å². The summed E-state index contributed by atoms with van der Waals surface area (Å²) in [5, 5.41) is 2.80. The third-order valence-electron chi connectivity index (χ3n) is 3.12. The smallest absolute Gasteiger partial charge is 0.251 e. The van der Waals surface area contributed by atoms with Gasteiger partial charge >= 0.3 is 0 Å². The largest absolute Gasteiger partial charge is 0.396 e. The van der Waals surface area contributed by atoms with E-state index in [1.807, 2.05) is 0 Å². The van der Waals surface area contributed by atoms with Gasteiger partial charge in [0.1, 0.15) is 5.82 Å². The third-order valence-corrected chi connectivity index (χ3v) is 3.12. The molecule has 1 aliphatic heterocycles. The second-order valence-electron chi connectivity index (χ2n) is 4.51. The topological polar surface area (TPSA) is 64.4 Å². The molecule has 3 N–H and O–H groups in total. The lowest BCUT2D eigenvalue weighted by Gasteiger charge is -2.09. The zero-order valence-electron chi connectivity index (χ0n) is 10.1.